The van der Waals surface area contributed by atoms with Crippen LogP contribution in [0.15, 0.2) is 35.7 Å². The van der Waals surface area contributed by atoms with Crippen molar-refractivity contribution in [1.29, 1.82) is 0 Å². The molecule has 17 heavy (non-hydrogen) atoms. The van der Waals surface area contributed by atoms with Gasteiger partial charge < -0.3 is 5.32 Å². The smallest absolute Gasteiger partial charge is 0.251 e. The minimum Gasteiger partial charge on any atom is -0.345 e. The molecule has 0 aromatic heterocycles. The Morgan fingerprint density at radius 3 is 2.47 bits per heavy atom. The molecule has 2 rings (SSSR count). The maximum Gasteiger partial charge on any atom is 0.251 e. The lowest BCUT2D eigenvalue weighted by Gasteiger charge is -2.09. The summed E-state index contributed by atoms with van der Waals surface area (Å²) >= 11 is 0. The highest BCUT2D eigenvalue weighted by atomic mass is 32.2. The number of rotatable bonds is 2. The lowest BCUT2D eigenvalue weighted by Crippen LogP contribution is -2.35. The SMILES string of the molecule is O=C(NC1C=CS(=O)(=O)C1)c1ccc(F)cc1. The molecule has 90 valence electrons. The molecule has 6 heteroatoms. The Balaban J connectivity index is 2.04. The Labute approximate surface area is 98.1 Å². The summed E-state index contributed by atoms with van der Waals surface area (Å²) in [6.07, 6.45) is 1.43. The Morgan fingerprint density at radius 1 is 1.29 bits per heavy atom. The molecule has 0 radical (unpaired) electrons. The van der Waals surface area contributed by atoms with Crippen LogP contribution in [-0.4, -0.2) is 26.1 Å². The van der Waals surface area contributed by atoms with Crippen molar-refractivity contribution in [3.8, 4) is 0 Å². The predicted octanol–water partition coefficient (Wildman–Crippen LogP) is 0.866. The van der Waals surface area contributed by atoms with Gasteiger partial charge in [-0.3, -0.25) is 4.79 Å². The zero-order chi connectivity index (χ0) is 12.5. The van der Waals surface area contributed by atoms with Gasteiger partial charge in [-0.25, -0.2) is 12.8 Å². The van der Waals surface area contributed by atoms with E-state index in [0.29, 0.717) is 5.56 Å². The molecule has 4 nitrogen and oxygen atoms in total. The van der Waals surface area contributed by atoms with Gasteiger partial charge in [0.1, 0.15) is 5.82 Å². The molecule has 1 aromatic rings. The average molecular weight is 255 g/mol. The lowest BCUT2D eigenvalue weighted by atomic mass is 10.2. The maximum absolute atomic E-state index is 12.6. The molecular weight excluding hydrogens is 245 g/mol. The Bertz CT molecular complexity index is 563. The summed E-state index contributed by atoms with van der Waals surface area (Å²) < 4.78 is 34.9. The molecule has 0 aliphatic carbocycles. The summed E-state index contributed by atoms with van der Waals surface area (Å²) in [5, 5.41) is 3.63. The lowest BCUT2D eigenvalue weighted by molar-refractivity contribution is 0.0947. The molecule has 0 saturated heterocycles. The maximum atomic E-state index is 12.6. The quantitative estimate of drug-likeness (QED) is 0.852. The van der Waals surface area contributed by atoms with Crippen molar-refractivity contribution in [3.63, 3.8) is 0 Å². The van der Waals surface area contributed by atoms with Crippen molar-refractivity contribution in [2.24, 2.45) is 0 Å². The van der Waals surface area contributed by atoms with E-state index in [-0.39, 0.29) is 5.75 Å². The highest BCUT2D eigenvalue weighted by molar-refractivity contribution is 7.94. The summed E-state index contributed by atoms with van der Waals surface area (Å²) in [6, 6.07) is 4.53. The highest BCUT2D eigenvalue weighted by Crippen LogP contribution is 2.09. The molecular formula is C11H10FNO3S. The number of hydrogen-bond acceptors (Lipinski definition) is 3. The van der Waals surface area contributed by atoms with E-state index in [1.807, 2.05) is 0 Å². The monoisotopic (exact) mass is 255 g/mol. The van der Waals surface area contributed by atoms with Gasteiger partial charge in [-0.05, 0) is 30.3 Å². The van der Waals surface area contributed by atoms with Crippen LogP contribution in [0.2, 0.25) is 0 Å². The van der Waals surface area contributed by atoms with Crippen LogP contribution in [0.5, 0.6) is 0 Å². The number of carbonyl (C=O) groups excluding carboxylic acids is 1. The van der Waals surface area contributed by atoms with E-state index in [1.54, 1.807) is 0 Å². The van der Waals surface area contributed by atoms with E-state index in [1.165, 1.54) is 30.3 Å². The second-order valence-corrected chi connectivity index (χ2v) is 5.68. The van der Waals surface area contributed by atoms with E-state index in [0.717, 1.165) is 5.41 Å². The van der Waals surface area contributed by atoms with Crippen LogP contribution in [0.1, 0.15) is 10.4 Å². The van der Waals surface area contributed by atoms with Crippen molar-refractivity contribution in [2.75, 3.05) is 5.75 Å². The highest BCUT2D eigenvalue weighted by Gasteiger charge is 2.23. The third-order valence-electron chi connectivity index (χ3n) is 2.35. The van der Waals surface area contributed by atoms with E-state index < -0.39 is 27.6 Å². The molecule has 1 heterocycles. The van der Waals surface area contributed by atoms with Gasteiger partial charge in [0.05, 0.1) is 11.8 Å². The van der Waals surface area contributed by atoms with Gasteiger partial charge in [0.15, 0.2) is 9.84 Å². The topological polar surface area (TPSA) is 63.2 Å². The first-order valence-electron chi connectivity index (χ1n) is 4.94. The van der Waals surface area contributed by atoms with Crippen LogP contribution in [-0.2, 0) is 9.84 Å². The number of nitrogens with one attached hydrogen (secondary N) is 1. The summed E-state index contributed by atoms with van der Waals surface area (Å²) in [6.45, 7) is 0. The first-order valence-corrected chi connectivity index (χ1v) is 6.65. The summed E-state index contributed by atoms with van der Waals surface area (Å²) in [4.78, 5) is 11.7. The van der Waals surface area contributed by atoms with Gasteiger partial charge >= 0.3 is 0 Å². The van der Waals surface area contributed by atoms with Crippen LogP contribution in [0.4, 0.5) is 4.39 Å². The molecule has 0 saturated carbocycles. The normalized spacial score (nSPS) is 21.4. The van der Waals surface area contributed by atoms with Crippen molar-refractivity contribution in [1.82, 2.24) is 5.32 Å². The third-order valence-corrected chi connectivity index (χ3v) is 3.75. The predicted molar refractivity (Wildman–Crippen MR) is 60.6 cm³/mol. The molecule has 1 aliphatic heterocycles. The molecule has 1 amide bonds. The third kappa shape index (κ3) is 2.91. The number of halogens is 1. The Hall–Kier alpha value is -1.69. The fourth-order valence-electron chi connectivity index (χ4n) is 1.52. The largest absolute Gasteiger partial charge is 0.345 e. The molecule has 0 fully saturated rings. The average Bonchev–Trinajstić information content (AvgIpc) is 2.59. The first kappa shape index (κ1) is 11.8. The number of amides is 1. The first-order chi connectivity index (χ1) is 7.96. The van der Waals surface area contributed by atoms with Crippen LogP contribution in [0.3, 0.4) is 0 Å². The number of hydrogen-bond donors (Lipinski definition) is 1. The second-order valence-electron chi connectivity index (χ2n) is 3.74. The van der Waals surface area contributed by atoms with Gasteiger partial charge in [-0.15, -0.1) is 0 Å². The standard InChI is InChI=1S/C11H10FNO3S/c12-9-3-1-8(2-4-9)11(14)13-10-5-6-17(15,16)7-10/h1-6,10H,7H2,(H,13,14). The number of sulfone groups is 1. The zero-order valence-corrected chi connectivity index (χ0v) is 9.58. The molecule has 1 atom stereocenters. The Kier molecular flexibility index (Phi) is 2.97. The van der Waals surface area contributed by atoms with Gasteiger partial charge in [0.2, 0.25) is 0 Å². The van der Waals surface area contributed by atoms with Gasteiger partial charge in [0, 0.05) is 11.0 Å². The van der Waals surface area contributed by atoms with Crippen LogP contribution in [0, 0.1) is 5.82 Å². The van der Waals surface area contributed by atoms with Gasteiger partial charge in [-0.2, -0.15) is 0 Å². The Morgan fingerprint density at radius 2 is 1.94 bits per heavy atom. The van der Waals surface area contributed by atoms with Crippen molar-refractivity contribution >= 4 is 15.7 Å². The molecule has 0 spiro atoms. The minimum absolute atomic E-state index is 0.125. The van der Waals surface area contributed by atoms with Crippen molar-refractivity contribution in [3.05, 3.63) is 47.1 Å². The second kappa shape index (κ2) is 4.29. The fraction of sp³-hybridized carbons (Fsp3) is 0.182. The van der Waals surface area contributed by atoms with Gasteiger partial charge in [-0.1, -0.05) is 0 Å². The molecule has 1 aliphatic rings. The molecule has 1 aromatic carbocycles. The zero-order valence-electron chi connectivity index (χ0n) is 8.76. The van der Waals surface area contributed by atoms with E-state index >= 15 is 0 Å². The summed E-state index contributed by atoms with van der Waals surface area (Å²) in [5.41, 5.74) is 0.295. The van der Waals surface area contributed by atoms with E-state index in [9.17, 15) is 17.6 Å². The van der Waals surface area contributed by atoms with Crippen molar-refractivity contribution in [2.45, 2.75) is 6.04 Å². The summed E-state index contributed by atoms with van der Waals surface area (Å²) in [7, 11) is -3.19. The fourth-order valence-corrected chi connectivity index (χ4v) is 2.75. The number of carbonyl (C=O) groups is 1. The van der Waals surface area contributed by atoms with Crippen LogP contribution in [0.25, 0.3) is 0 Å². The van der Waals surface area contributed by atoms with E-state index in [4.69, 9.17) is 0 Å². The van der Waals surface area contributed by atoms with Crippen LogP contribution >= 0.6 is 0 Å². The molecule has 0 bridgehead atoms. The van der Waals surface area contributed by atoms with Crippen LogP contribution < -0.4 is 5.32 Å². The van der Waals surface area contributed by atoms with Gasteiger partial charge in [0.25, 0.3) is 5.91 Å². The van der Waals surface area contributed by atoms with Crippen molar-refractivity contribution < 1.29 is 17.6 Å². The summed E-state index contributed by atoms with van der Waals surface area (Å²) in [5.74, 6) is -0.971. The minimum atomic E-state index is -3.19. The molecule has 1 N–H and O–H groups in total. The van der Waals surface area contributed by atoms with E-state index in [2.05, 4.69) is 5.32 Å². The molecule has 1 unspecified atom stereocenters. The number of benzene rings is 1.